The summed E-state index contributed by atoms with van der Waals surface area (Å²) in [5.41, 5.74) is 13.8. The average molecular weight is 680 g/mol. The number of rotatable bonds is 6. The predicted octanol–water partition coefficient (Wildman–Crippen LogP) is 12.7. The van der Waals surface area contributed by atoms with Gasteiger partial charge in [-0.2, -0.15) is 0 Å². The van der Waals surface area contributed by atoms with Crippen LogP contribution in [0.1, 0.15) is 17.5 Å². The number of para-hydroxylation sites is 1. The van der Waals surface area contributed by atoms with E-state index in [2.05, 4.69) is 152 Å². The molecule has 0 spiro atoms. The molecule has 0 N–H and O–H groups in total. The van der Waals surface area contributed by atoms with Gasteiger partial charge >= 0.3 is 0 Å². The molecule has 1 aliphatic carbocycles. The minimum atomic E-state index is 0.608. The molecule has 1 aliphatic rings. The second kappa shape index (κ2) is 13.0. The van der Waals surface area contributed by atoms with Crippen LogP contribution in [0, 0.1) is 0 Å². The van der Waals surface area contributed by atoms with Crippen LogP contribution in [0.3, 0.4) is 0 Å². The van der Waals surface area contributed by atoms with Crippen molar-refractivity contribution >= 4 is 28.0 Å². The van der Waals surface area contributed by atoms with Crippen LogP contribution in [-0.2, 0) is 6.42 Å². The van der Waals surface area contributed by atoms with Crippen LogP contribution in [0.25, 0.3) is 95.6 Å². The van der Waals surface area contributed by atoms with Crippen molar-refractivity contribution in [3.63, 3.8) is 0 Å². The van der Waals surface area contributed by atoms with E-state index in [1.165, 1.54) is 27.8 Å². The number of hydrogen-bond acceptors (Lipinski definition) is 4. The van der Waals surface area contributed by atoms with E-state index in [4.69, 9.17) is 19.4 Å². The van der Waals surface area contributed by atoms with Crippen molar-refractivity contribution in [2.75, 3.05) is 0 Å². The predicted molar refractivity (Wildman–Crippen MR) is 217 cm³/mol. The van der Waals surface area contributed by atoms with Gasteiger partial charge in [0, 0.05) is 33.0 Å². The van der Waals surface area contributed by atoms with Gasteiger partial charge in [0.25, 0.3) is 0 Å². The smallest absolute Gasteiger partial charge is 0.164 e. The maximum atomic E-state index is 6.68. The molecule has 53 heavy (non-hydrogen) atoms. The molecule has 4 nitrogen and oxygen atoms in total. The Labute approximate surface area is 307 Å². The Balaban J connectivity index is 1.12. The van der Waals surface area contributed by atoms with Crippen molar-refractivity contribution in [2.45, 2.75) is 12.8 Å². The van der Waals surface area contributed by atoms with Gasteiger partial charge in [-0.3, -0.25) is 0 Å². The molecule has 9 aromatic rings. The first kappa shape index (κ1) is 30.9. The summed E-state index contributed by atoms with van der Waals surface area (Å²) >= 11 is 0. The maximum absolute atomic E-state index is 6.68. The van der Waals surface area contributed by atoms with Gasteiger partial charge in [-0.15, -0.1) is 0 Å². The Morgan fingerprint density at radius 1 is 0.434 bits per heavy atom. The number of nitrogens with zero attached hydrogens (tertiary/aromatic N) is 3. The molecule has 7 aromatic carbocycles. The van der Waals surface area contributed by atoms with Crippen LogP contribution >= 0.6 is 0 Å². The van der Waals surface area contributed by atoms with Crippen molar-refractivity contribution < 1.29 is 4.42 Å². The Hall–Kier alpha value is -6.91. The van der Waals surface area contributed by atoms with E-state index < -0.39 is 0 Å². The molecule has 10 rings (SSSR count). The van der Waals surface area contributed by atoms with E-state index in [1.54, 1.807) is 0 Å². The fourth-order valence-electron chi connectivity index (χ4n) is 7.50. The van der Waals surface area contributed by atoms with Crippen LogP contribution < -0.4 is 0 Å². The van der Waals surface area contributed by atoms with Crippen molar-refractivity contribution in [1.82, 2.24) is 15.0 Å². The zero-order chi connectivity index (χ0) is 35.1. The number of allylic oxidation sites excluding steroid dienone is 1. The van der Waals surface area contributed by atoms with Crippen molar-refractivity contribution in [3.05, 3.63) is 181 Å². The van der Waals surface area contributed by atoms with Crippen LogP contribution in [0.15, 0.2) is 174 Å². The highest BCUT2D eigenvalue weighted by Crippen LogP contribution is 2.41. The summed E-state index contributed by atoms with van der Waals surface area (Å²) in [4.78, 5) is 15.4. The lowest BCUT2D eigenvalue weighted by molar-refractivity contribution is 0.670. The molecular formula is C49H33N3O. The van der Waals surface area contributed by atoms with Crippen molar-refractivity contribution in [3.8, 4) is 67.5 Å². The van der Waals surface area contributed by atoms with Crippen molar-refractivity contribution in [2.24, 2.45) is 0 Å². The summed E-state index contributed by atoms with van der Waals surface area (Å²) in [5, 5.41) is 2.01. The van der Waals surface area contributed by atoms with E-state index in [9.17, 15) is 0 Å². The average Bonchev–Trinajstić information content (AvgIpc) is 3.63. The highest BCUT2D eigenvalue weighted by molar-refractivity contribution is 6.15. The highest BCUT2D eigenvalue weighted by Gasteiger charge is 2.20. The third-order valence-electron chi connectivity index (χ3n) is 10.2. The second-order valence-electron chi connectivity index (χ2n) is 13.5. The summed E-state index contributed by atoms with van der Waals surface area (Å²) in [7, 11) is 0. The van der Waals surface area contributed by atoms with Gasteiger partial charge in [0.1, 0.15) is 11.2 Å². The van der Waals surface area contributed by atoms with E-state index in [0.717, 1.165) is 68.2 Å². The van der Waals surface area contributed by atoms with Crippen LogP contribution in [0.5, 0.6) is 0 Å². The first-order chi connectivity index (χ1) is 26.2. The van der Waals surface area contributed by atoms with Crippen LogP contribution in [0.4, 0.5) is 0 Å². The Kier molecular flexibility index (Phi) is 7.58. The van der Waals surface area contributed by atoms with Gasteiger partial charge in [0.05, 0.1) is 0 Å². The molecule has 0 saturated heterocycles. The molecule has 2 aromatic heterocycles. The van der Waals surface area contributed by atoms with Crippen LogP contribution in [0.2, 0.25) is 0 Å². The first-order valence-corrected chi connectivity index (χ1v) is 18.1. The second-order valence-corrected chi connectivity index (χ2v) is 13.5. The molecule has 0 bridgehead atoms. The molecule has 0 aliphatic heterocycles. The molecule has 0 unspecified atom stereocenters. The Morgan fingerprint density at radius 2 is 1.00 bits per heavy atom. The molecule has 0 atom stereocenters. The topological polar surface area (TPSA) is 51.8 Å². The molecule has 0 fully saturated rings. The Bertz CT molecular complexity index is 2800. The highest BCUT2D eigenvalue weighted by atomic mass is 16.3. The van der Waals surface area contributed by atoms with Crippen molar-refractivity contribution in [1.29, 1.82) is 0 Å². The fraction of sp³-hybridized carbons (Fsp3) is 0.0408. The zero-order valence-corrected chi connectivity index (χ0v) is 28.9. The van der Waals surface area contributed by atoms with E-state index in [1.807, 2.05) is 24.3 Å². The third-order valence-corrected chi connectivity index (χ3v) is 10.2. The van der Waals surface area contributed by atoms with Gasteiger partial charge in [-0.1, -0.05) is 164 Å². The monoisotopic (exact) mass is 679 g/mol. The van der Waals surface area contributed by atoms with E-state index in [0.29, 0.717) is 17.5 Å². The SMILES string of the molecule is C1=Cc2cc(-c3nc(-c4ccc(-c5ccccc5)cc4)nc(-c4cccc5oc6c(-c7ccc(-c8ccccc8)cc7)cccc6c45)n3)ccc2CC1. The standard InChI is InChI=1S/C49H33N3O/c1-3-11-32(12-4-1)35-21-26-37(27-22-35)41-17-9-18-42-45-43(19-10-20-44(45)53-46(41)42)49-51-47(38-28-23-36(24-29-38)33-13-5-2-6-14-33)50-48(52-49)40-30-25-34-15-7-8-16-39(34)31-40/h1-6,8-14,16-31H,7,15H2. The molecular weight excluding hydrogens is 647 g/mol. The first-order valence-electron chi connectivity index (χ1n) is 18.1. The number of furan rings is 1. The lowest BCUT2D eigenvalue weighted by atomic mass is 9.95. The normalized spacial score (nSPS) is 12.3. The molecule has 0 radical (unpaired) electrons. The van der Waals surface area contributed by atoms with E-state index >= 15 is 0 Å². The summed E-state index contributed by atoms with van der Waals surface area (Å²) in [6.07, 6.45) is 6.55. The zero-order valence-electron chi connectivity index (χ0n) is 28.9. The number of hydrogen-bond donors (Lipinski definition) is 0. The lowest BCUT2D eigenvalue weighted by Gasteiger charge is -2.13. The lowest BCUT2D eigenvalue weighted by Crippen LogP contribution is -2.01. The summed E-state index contributed by atoms with van der Waals surface area (Å²) in [5.74, 6) is 1.88. The van der Waals surface area contributed by atoms with Gasteiger partial charge in [0.2, 0.25) is 0 Å². The van der Waals surface area contributed by atoms with Gasteiger partial charge in [0.15, 0.2) is 17.5 Å². The van der Waals surface area contributed by atoms with Crippen LogP contribution in [-0.4, -0.2) is 15.0 Å². The molecule has 2 heterocycles. The minimum absolute atomic E-state index is 0.608. The Morgan fingerprint density at radius 3 is 1.72 bits per heavy atom. The number of benzene rings is 7. The summed E-state index contributed by atoms with van der Waals surface area (Å²) in [6, 6.07) is 57.1. The number of aromatic nitrogens is 3. The maximum Gasteiger partial charge on any atom is 0.164 e. The van der Waals surface area contributed by atoms with Gasteiger partial charge in [-0.05, 0) is 63.9 Å². The fourth-order valence-corrected chi connectivity index (χ4v) is 7.50. The third kappa shape index (κ3) is 5.71. The summed E-state index contributed by atoms with van der Waals surface area (Å²) in [6.45, 7) is 0. The molecule has 250 valence electrons. The largest absolute Gasteiger partial charge is 0.455 e. The molecule has 0 saturated carbocycles. The van der Waals surface area contributed by atoms with Gasteiger partial charge in [-0.25, -0.2) is 15.0 Å². The van der Waals surface area contributed by atoms with E-state index in [-0.39, 0.29) is 0 Å². The molecule has 0 amide bonds. The number of fused-ring (bicyclic) bond motifs is 4. The quantitative estimate of drug-likeness (QED) is 0.175. The number of aryl methyl sites for hydroxylation is 1. The minimum Gasteiger partial charge on any atom is -0.455 e. The summed E-state index contributed by atoms with van der Waals surface area (Å²) < 4.78 is 6.68. The molecule has 4 heteroatoms. The van der Waals surface area contributed by atoms with Gasteiger partial charge < -0.3 is 4.42 Å².